The van der Waals surface area contributed by atoms with E-state index in [0.29, 0.717) is 11.6 Å². The van der Waals surface area contributed by atoms with Crippen LogP contribution < -0.4 is 0 Å². The highest BCUT2D eigenvalue weighted by atomic mass is 35.5. The Bertz CT molecular complexity index is 410. The molecule has 0 aliphatic carbocycles. The smallest absolute Gasteiger partial charge is 0.313 e. The Morgan fingerprint density at radius 2 is 2.06 bits per heavy atom. The number of methoxy groups -OCH3 is 1. The first kappa shape index (κ1) is 13.0. The van der Waals surface area contributed by atoms with Gasteiger partial charge in [0.15, 0.2) is 0 Å². The molecular weight excluding hydrogens is 228 g/mol. The zero-order valence-corrected chi connectivity index (χ0v) is 11.1. The summed E-state index contributed by atoms with van der Waals surface area (Å²) in [4.78, 5) is 11.5. The molecule has 0 aromatic carbocycles. The first-order valence-corrected chi connectivity index (χ1v) is 5.45. The first-order valence-electron chi connectivity index (χ1n) is 5.07. The summed E-state index contributed by atoms with van der Waals surface area (Å²) in [7, 11) is 1.39. The number of esters is 1. The van der Waals surface area contributed by atoms with Crippen molar-refractivity contribution in [3.8, 4) is 0 Å². The highest BCUT2D eigenvalue weighted by molar-refractivity contribution is 6.31. The Balaban J connectivity index is 2.96. The van der Waals surface area contributed by atoms with Crippen LogP contribution in [0.3, 0.4) is 0 Å². The second-order valence-corrected chi connectivity index (χ2v) is 4.90. The topological polar surface area (TPSA) is 44.1 Å². The van der Waals surface area contributed by atoms with Crippen LogP contribution in [0, 0.1) is 19.3 Å². The van der Waals surface area contributed by atoms with Crippen LogP contribution in [0.4, 0.5) is 0 Å². The van der Waals surface area contributed by atoms with Gasteiger partial charge in [-0.25, -0.2) is 0 Å². The first-order chi connectivity index (χ1) is 7.29. The number of aromatic nitrogens is 2. The number of hydrogen-bond acceptors (Lipinski definition) is 3. The van der Waals surface area contributed by atoms with Crippen molar-refractivity contribution in [1.82, 2.24) is 9.78 Å². The van der Waals surface area contributed by atoms with Gasteiger partial charge in [-0.3, -0.25) is 9.48 Å². The van der Waals surface area contributed by atoms with Gasteiger partial charge in [0.25, 0.3) is 0 Å². The maximum atomic E-state index is 11.5. The predicted octanol–water partition coefficient (Wildman–Crippen LogP) is 2.35. The zero-order chi connectivity index (χ0) is 12.5. The van der Waals surface area contributed by atoms with Crippen LogP contribution in [-0.4, -0.2) is 22.9 Å². The van der Waals surface area contributed by atoms with E-state index in [0.717, 1.165) is 11.4 Å². The molecule has 0 bridgehead atoms. The van der Waals surface area contributed by atoms with Crippen LogP contribution in [0.1, 0.15) is 25.2 Å². The van der Waals surface area contributed by atoms with Gasteiger partial charge in [-0.2, -0.15) is 5.10 Å². The Labute approximate surface area is 101 Å². The molecule has 0 aliphatic heterocycles. The molecule has 4 nitrogen and oxygen atoms in total. The monoisotopic (exact) mass is 244 g/mol. The van der Waals surface area contributed by atoms with Gasteiger partial charge >= 0.3 is 5.97 Å². The van der Waals surface area contributed by atoms with E-state index in [1.807, 2.05) is 27.7 Å². The summed E-state index contributed by atoms with van der Waals surface area (Å²) in [5.74, 6) is -0.254. The Morgan fingerprint density at radius 1 is 1.50 bits per heavy atom. The van der Waals surface area contributed by atoms with Crippen molar-refractivity contribution in [2.45, 2.75) is 34.2 Å². The van der Waals surface area contributed by atoms with Gasteiger partial charge in [0.05, 0.1) is 35.5 Å². The minimum Gasteiger partial charge on any atom is -0.469 e. The number of carbonyl (C=O) groups excluding carboxylic acids is 1. The average Bonchev–Trinajstić information content (AvgIpc) is 2.44. The van der Waals surface area contributed by atoms with Gasteiger partial charge in [0.1, 0.15) is 0 Å². The molecule has 1 heterocycles. The van der Waals surface area contributed by atoms with Gasteiger partial charge in [-0.15, -0.1) is 0 Å². The van der Waals surface area contributed by atoms with Crippen LogP contribution in [0.25, 0.3) is 0 Å². The molecule has 0 unspecified atom stereocenters. The molecule has 0 saturated heterocycles. The molecule has 0 atom stereocenters. The summed E-state index contributed by atoms with van der Waals surface area (Å²) in [6, 6.07) is 0. The molecule has 0 fully saturated rings. The number of ether oxygens (including phenoxy) is 1. The van der Waals surface area contributed by atoms with Crippen molar-refractivity contribution in [1.29, 1.82) is 0 Å². The summed E-state index contributed by atoms with van der Waals surface area (Å²) in [5.41, 5.74) is 1.04. The van der Waals surface area contributed by atoms with E-state index in [9.17, 15) is 4.79 Å². The fourth-order valence-electron chi connectivity index (χ4n) is 1.54. The van der Waals surface area contributed by atoms with Crippen LogP contribution in [0.15, 0.2) is 0 Å². The summed E-state index contributed by atoms with van der Waals surface area (Å²) in [6.45, 7) is 7.83. The molecule has 0 spiro atoms. The van der Waals surface area contributed by atoms with E-state index in [1.54, 1.807) is 4.68 Å². The van der Waals surface area contributed by atoms with Crippen LogP contribution in [0.5, 0.6) is 0 Å². The number of carbonyl (C=O) groups is 1. The molecule has 0 saturated carbocycles. The fraction of sp³-hybridized carbons (Fsp3) is 0.636. The lowest BCUT2D eigenvalue weighted by Crippen LogP contribution is -2.31. The zero-order valence-electron chi connectivity index (χ0n) is 10.3. The predicted molar refractivity (Wildman–Crippen MR) is 62.5 cm³/mol. The highest BCUT2D eigenvalue weighted by Gasteiger charge is 2.30. The molecule has 1 aromatic rings. The Hall–Kier alpha value is -1.03. The number of rotatable bonds is 3. The fourth-order valence-corrected chi connectivity index (χ4v) is 1.68. The van der Waals surface area contributed by atoms with E-state index in [4.69, 9.17) is 16.3 Å². The third-order valence-electron chi connectivity index (χ3n) is 2.58. The molecule has 1 rings (SSSR count). The molecule has 0 amide bonds. The summed E-state index contributed by atoms with van der Waals surface area (Å²) in [5, 5.41) is 4.94. The number of aryl methyl sites for hydroxylation is 1. The van der Waals surface area contributed by atoms with Crippen molar-refractivity contribution in [2.24, 2.45) is 5.41 Å². The molecule has 0 radical (unpaired) electrons. The molecule has 1 aromatic heterocycles. The number of halogens is 1. The Kier molecular flexibility index (Phi) is 3.63. The van der Waals surface area contributed by atoms with Gasteiger partial charge in [-0.05, 0) is 27.7 Å². The van der Waals surface area contributed by atoms with Crippen molar-refractivity contribution in [2.75, 3.05) is 7.11 Å². The van der Waals surface area contributed by atoms with Crippen molar-refractivity contribution in [3.63, 3.8) is 0 Å². The number of nitrogens with zero attached hydrogens (tertiary/aromatic N) is 2. The SMILES string of the molecule is COC(=O)C(C)(C)Cn1nc(C)c(Cl)c1C. The van der Waals surface area contributed by atoms with Crippen molar-refractivity contribution < 1.29 is 9.53 Å². The second-order valence-electron chi connectivity index (χ2n) is 4.52. The average molecular weight is 245 g/mol. The van der Waals surface area contributed by atoms with E-state index in [1.165, 1.54) is 7.11 Å². The van der Waals surface area contributed by atoms with Gasteiger partial charge < -0.3 is 4.74 Å². The second kappa shape index (κ2) is 4.45. The van der Waals surface area contributed by atoms with Crippen LogP contribution in [0.2, 0.25) is 5.02 Å². The molecule has 16 heavy (non-hydrogen) atoms. The molecule has 0 aliphatic rings. The van der Waals surface area contributed by atoms with Crippen molar-refractivity contribution >= 4 is 17.6 Å². The Morgan fingerprint density at radius 3 is 2.44 bits per heavy atom. The summed E-state index contributed by atoms with van der Waals surface area (Å²) >= 11 is 6.04. The van der Waals surface area contributed by atoms with E-state index >= 15 is 0 Å². The molecule has 0 N–H and O–H groups in total. The minimum absolute atomic E-state index is 0.254. The third-order valence-corrected chi connectivity index (χ3v) is 3.12. The van der Waals surface area contributed by atoms with E-state index in [-0.39, 0.29) is 5.97 Å². The van der Waals surface area contributed by atoms with E-state index < -0.39 is 5.41 Å². The number of hydrogen-bond donors (Lipinski definition) is 0. The van der Waals surface area contributed by atoms with Gasteiger partial charge in [0, 0.05) is 0 Å². The third kappa shape index (κ3) is 2.38. The summed E-state index contributed by atoms with van der Waals surface area (Å²) < 4.78 is 6.50. The highest BCUT2D eigenvalue weighted by Crippen LogP contribution is 2.24. The normalized spacial score (nSPS) is 11.6. The lowest BCUT2D eigenvalue weighted by Gasteiger charge is -2.21. The molecular formula is C11H17ClN2O2. The largest absolute Gasteiger partial charge is 0.469 e. The lowest BCUT2D eigenvalue weighted by molar-refractivity contribution is -0.151. The van der Waals surface area contributed by atoms with Crippen LogP contribution >= 0.6 is 11.6 Å². The molecule has 90 valence electrons. The quantitative estimate of drug-likeness (QED) is 0.767. The maximum absolute atomic E-state index is 11.5. The van der Waals surface area contributed by atoms with Gasteiger partial charge in [-0.1, -0.05) is 11.6 Å². The summed E-state index contributed by atoms with van der Waals surface area (Å²) in [6.07, 6.45) is 0. The minimum atomic E-state index is -0.610. The van der Waals surface area contributed by atoms with E-state index in [2.05, 4.69) is 5.10 Å². The van der Waals surface area contributed by atoms with Gasteiger partial charge in [0.2, 0.25) is 0 Å². The lowest BCUT2D eigenvalue weighted by atomic mass is 9.94. The van der Waals surface area contributed by atoms with Crippen molar-refractivity contribution in [3.05, 3.63) is 16.4 Å². The molecule has 5 heteroatoms. The van der Waals surface area contributed by atoms with Crippen LogP contribution in [-0.2, 0) is 16.1 Å². The maximum Gasteiger partial charge on any atom is 0.313 e. The standard InChI is InChI=1S/C11H17ClN2O2/c1-7-9(12)8(2)14(13-7)6-11(3,4)10(15)16-5/h6H2,1-5H3.